The molecule has 2 heterocycles. The van der Waals surface area contributed by atoms with Crippen molar-refractivity contribution in [1.82, 2.24) is 29.9 Å². The van der Waals surface area contributed by atoms with Crippen LogP contribution in [0.2, 0.25) is 10.6 Å². The number of benzene rings is 5. The average Bonchev–Trinajstić information content (AvgIpc) is 3.25. The summed E-state index contributed by atoms with van der Waals surface area (Å²) in [4.78, 5) is 45.0. The van der Waals surface area contributed by atoms with E-state index >= 15 is 0 Å². The monoisotopic (exact) mass is 1060 g/mol. The van der Waals surface area contributed by atoms with Crippen molar-refractivity contribution >= 4 is 112 Å². The Morgan fingerprint density at radius 3 is 1.79 bits per heavy atom. The molecule has 6 N–H and O–H groups in total. The first kappa shape index (κ1) is 56.0. The van der Waals surface area contributed by atoms with Crippen LogP contribution in [-0.4, -0.2) is 81.9 Å². The van der Waals surface area contributed by atoms with E-state index in [4.69, 9.17) is 37.7 Å². The van der Waals surface area contributed by atoms with E-state index in [1.807, 2.05) is 0 Å². The van der Waals surface area contributed by atoms with E-state index < -0.39 is 41.8 Å². The van der Waals surface area contributed by atoms with Crippen LogP contribution < -0.4 is 101 Å². The molecule has 0 amide bonds. The van der Waals surface area contributed by atoms with Crippen molar-refractivity contribution in [2.75, 3.05) is 14.2 Å². The average molecular weight is 1060 g/mol. The number of aromatic amines is 4. The molecule has 0 atom stereocenters. The summed E-state index contributed by atoms with van der Waals surface area (Å²) in [6.45, 7) is 4.28. The zero-order valence-corrected chi connectivity index (χ0v) is 45.4. The quantitative estimate of drug-likeness (QED) is 0.0289. The van der Waals surface area contributed by atoms with Crippen LogP contribution in [0.4, 0.5) is 45.5 Å². The van der Waals surface area contributed by atoms with Crippen molar-refractivity contribution in [3.63, 3.8) is 0 Å². The van der Waals surface area contributed by atoms with Gasteiger partial charge in [-0.1, -0.05) is 24.3 Å². The minimum absolute atomic E-state index is 0. The number of aliphatic imine (C=N–C) groups is 2. The summed E-state index contributed by atoms with van der Waals surface area (Å²) in [6, 6.07) is 18.1. The van der Waals surface area contributed by atoms with Crippen molar-refractivity contribution in [2.24, 2.45) is 40.2 Å². The van der Waals surface area contributed by atoms with Gasteiger partial charge in [-0.15, -0.1) is 5.11 Å². The number of halogens is 2. The number of hydrogen-bond acceptors (Lipinski definition) is 18. The van der Waals surface area contributed by atoms with Crippen molar-refractivity contribution in [3.8, 4) is 11.5 Å². The molecule has 7 rings (SSSR count). The molecule has 0 saturated heterocycles. The van der Waals surface area contributed by atoms with Crippen LogP contribution in [0.15, 0.2) is 129 Å². The van der Waals surface area contributed by atoms with Gasteiger partial charge in [0, 0.05) is 16.8 Å². The Kier molecular flexibility index (Phi) is 18.6. The van der Waals surface area contributed by atoms with E-state index in [1.165, 1.54) is 52.3 Å². The standard InChI is InChI=1S/C41H36Cl2N14O10S2.2Na/c1-19-8-6-10-26(46-38-50-36(42)51-39(54-38)47-29-15-22(44-20(2)58)12-13-31(29)66-4)35(19)49-41-53-37(43)52-40(55-41)48-30-17-27(45-21(3)59)28(18-32(30)67-5)57-56-23-14-25-24(34(16-23)69(63,64)65)9-7-11-33(25)68(60,61)62;;/h6-18H,1-5H3,(H,44,58)(H,45,59)(H,60,61,62)(H,63,64,65)(H2,46,47,50,51,54)(H2,48,49,52,53,55);;/q;2*+1/p-2. The molecule has 0 aliphatic carbocycles. The Bertz CT molecular complexity index is 3830. The molecule has 0 spiro atoms. The first-order chi connectivity index (χ1) is 32.7. The minimum atomic E-state index is -4.96. The third kappa shape index (κ3) is 14.2. The molecule has 2 aromatic heterocycles. The maximum atomic E-state index is 12.4. The number of rotatable bonds is 12. The fraction of sp³-hybridized carbons (Fsp3) is 0.122. The molecule has 0 unspecified atom stereocenters. The first-order valence-electron chi connectivity index (χ1n) is 19.5. The Morgan fingerprint density at radius 1 is 0.592 bits per heavy atom. The number of nitrogens with one attached hydrogen (secondary N) is 4. The van der Waals surface area contributed by atoms with Gasteiger partial charge in [-0.05, 0) is 110 Å². The van der Waals surface area contributed by atoms with Gasteiger partial charge < -0.3 is 29.7 Å². The van der Waals surface area contributed by atoms with Crippen molar-refractivity contribution < 1.29 is 105 Å². The van der Waals surface area contributed by atoms with Crippen LogP contribution in [0.25, 0.3) is 10.8 Å². The molecule has 5 aromatic carbocycles. The number of methoxy groups -OCH3 is 2. The van der Waals surface area contributed by atoms with Gasteiger partial charge in [0.2, 0.25) is 33.0 Å². The van der Waals surface area contributed by atoms with Gasteiger partial charge >= 0.3 is 59.1 Å². The normalized spacial score (nSPS) is 13.4. The number of para-hydroxylation sites is 1. The Balaban J connectivity index is 0.00000469. The maximum absolute atomic E-state index is 12.4. The molecule has 24 nitrogen and oxygen atoms in total. The summed E-state index contributed by atoms with van der Waals surface area (Å²) in [6.07, 6.45) is 0. The number of aryl methyl sites for hydroxylation is 1. The first-order valence-corrected chi connectivity index (χ1v) is 23.1. The molecule has 0 saturated carbocycles. The van der Waals surface area contributed by atoms with E-state index in [0.717, 1.165) is 18.2 Å². The molecule has 0 aliphatic rings. The largest absolute Gasteiger partial charge is 1.00 e. The summed E-state index contributed by atoms with van der Waals surface area (Å²) in [5, 5.41) is 31.4. The number of fused-ring (bicyclic) bond motifs is 1. The molecule has 356 valence electrons. The van der Waals surface area contributed by atoms with E-state index in [2.05, 4.69) is 65.1 Å². The van der Waals surface area contributed by atoms with E-state index in [9.17, 15) is 36.2 Å². The fourth-order valence-corrected chi connectivity index (χ4v) is 8.16. The van der Waals surface area contributed by atoms with Gasteiger partial charge in [0.05, 0.1) is 42.7 Å². The molecule has 71 heavy (non-hydrogen) atoms. The number of hydrogen-bond donors (Lipinski definition) is 6. The third-order valence-corrected chi connectivity index (χ3v) is 11.3. The number of aromatic nitrogens is 6. The van der Waals surface area contributed by atoms with Gasteiger partial charge in [-0.3, -0.25) is 29.1 Å². The van der Waals surface area contributed by atoms with Crippen LogP contribution >= 0.6 is 23.2 Å². The summed E-state index contributed by atoms with van der Waals surface area (Å²) >= 11 is 12.8. The molecule has 0 bridgehead atoms. The number of H-pyrrole nitrogens is 4. The summed E-state index contributed by atoms with van der Waals surface area (Å²) in [7, 11) is -7.05. The molecule has 0 radical (unpaired) electrons. The van der Waals surface area contributed by atoms with Crippen LogP contribution in [0.1, 0.15) is 19.4 Å². The fourth-order valence-electron chi connectivity index (χ4n) is 6.40. The second kappa shape index (κ2) is 23.6. The second-order valence-corrected chi connectivity index (χ2v) is 17.6. The minimum Gasteiger partial charge on any atom is -0.862 e. The van der Waals surface area contributed by atoms with Crippen LogP contribution in [-0.2, 0) is 20.2 Å². The van der Waals surface area contributed by atoms with Crippen molar-refractivity contribution in [2.45, 2.75) is 30.6 Å². The topological polar surface area (TPSA) is 361 Å². The van der Waals surface area contributed by atoms with E-state index in [-0.39, 0.29) is 131 Å². The summed E-state index contributed by atoms with van der Waals surface area (Å²) in [5.74, 6) is -0.640. The number of azo groups is 1. The smallest absolute Gasteiger partial charge is 0.862 e. The van der Waals surface area contributed by atoms with Crippen molar-refractivity contribution in [1.29, 1.82) is 0 Å². The Labute approximate surface area is 456 Å². The molecular weight excluding hydrogens is 1030 g/mol. The number of ether oxygens (including phenoxy) is 2. The molecule has 0 fully saturated rings. The Hall–Kier alpha value is -5.88. The summed E-state index contributed by atoms with van der Waals surface area (Å²) < 4.78 is 79.9. The molecule has 0 aliphatic heterocycles. The second-order valence-electron chi connectivity index (χ2n) is 14.1. The van der Waals surface area contributed by atoms with Gasteiger partial charge in [-0.2, -0.15) is 31.9 Å². The maximum Gasteiger partial charge on any atom is 1.00 e. The van der Waals surface area contributed by atoms with Crippen LogP contribution in [0, 0.1) is 6.92 Å². The van der Waals surface area contributed by atoms with Gasteiger partial charge in [0.25, 0.3) is 20.2 Å². The predicted molar refractivity (Wildman–Crippen MR) is 247 cm³/mol. The van der Waals surface area contributed by atoms with E-state index in [1.54, 1.807) is 43.3 Å². The Morgan fingerprint density at radius 2 is 1.18 bits per heavy atom. The predicted octanol–water partition coefficient (Wildman–Crippen LogP) is -0.759. The van der Waals surface area contributed by atoms with Crippen LogP contribution in [0.3, 0.4) is 0 Å². The van der Waals surface area contributed by atoms with Gasteiger partial charge in [-0.25, -0.2) is 20.0 Å². The summed E-state index contributed by atoms with van der Waals surface area (Å²) in [5.41, 5.74) is 1.65. The SMILES string of the molecule is COc1cc(N=Nc2cc(S(=O)(=O)O)c3cccc(S(=O)(=O)O)c3c2)c(N=C(C)[O-])cc1N=c1nc(Cl)[nH]c(=Nc2c(C)cccc2N=c2nc(Cl)[nH]c(=Nc3cc(N=C(C)[O-])ccc3OC)[nH]2)[nH]1.[Na+].[Na+]. The third-order valence-electron chi connectivity index (χ3n) is 9.17. The van der Waals surface area contributed by atoms with Gasteiger partial charge in [0.15, 0.2) is 0 Å². The number of nitrogens with zero attached hydrogens (tertiary/aromatic N) is 10. The zero-order chi connectivity index (χ0) is 49.8. The van der Waals surface area contributed by atoms with Gasteiger partial charge in [0.1, 0.15) is 38.4 Å². The zero-order valence-electron chi connectivity index (χ0n) is 38.2. The van der Waals surface area contributed by atoms with E-state index in [0.29, 0.717) is 34.1 Å². The molecule has 7 aromatic rings. The molecular formula is C41H34Cl2N14Na2O10S2. The van der Waals surface area contributed by atoms with Crippen molar-refractivity contribution in [3.05, 3.63) is 117 Å². The van der Waals surface area contributed by atoms with Crippen LogP contribution in [0.5, 0.6) is 11.5 Å². The molecule has 30 heteroatoms.